The number of amides is 1. The molecule has 0 spiro atoms. The lowest BCUT2D eigenvalue weighted by Crippen LogP contribution is -2.19. The second-order valence-corrected chi connectivity index (χ2v) is 10.3. The molecule has 0 aliphatic heterocycles. The van der Waals surface area contributed by atoms with Gasteiger partial charge in [0, 0.05) is 11.6 Å². The number of ether oxygens (including phenoxy) is 2. The molecular weight excluding hydrogens is 505 g/mol. The van der Waals surface area contributed by atoms with Crippen molar-refractivity contribution < 1.29 is 28.6 Å². The highest BCUT2D eigenvalue weighted by atomic mass is 32.1. The summed E-state index contributed by atoms with van der Waals surface area (Å²) in [4.78, 5) is 24.8. The number of carboxylic acids is 1. The SMILES string of the molecule is COc1cc(-c2sc(F)cc2NC(=O)OC(C)c2ccccc2)ccc1-c1ccc(C2(C(=O)O)CC2)cc1. The van der Waals surface area contributed by atoms with Crippen molar-refractivity contribution in [2.45, 2.75) is 31.3 Å². The Morgan fingerprint density at radius 2 is 1.68 bits per heavy atom. The maximum absolute atomic E-state index is 14.3. The number of anilines is 1. The van der Waals surface area contributed by atoms with E-state index in [4.69, 9.17) is 9.47 Å². The smallest absolute Gasteiger partial charge is 0.412 e. The zero-order valence-corrected chi connectivity index (χ0v) is 21.7. The van der Waals surface area contributed by atoms with E-state index in [0.717, 1.165) is 33.6 Å². The molecule has 0 bridgehead atoms. The van der Waals surface area contributed by atoms with Crippen molar-refractivity contribution in [2.75, 3.05) is 12.4 Å². The Morgan fingerprint density at radius 3 is 2.32 bits per heavy atom. The van der Waals surface area contributed by atoms with Crippen LogP contribution in [-0.4, -0.2) is 24.3 Å². The van der Waals surface area contributed by atoms with E-state index < -0.39 is 28.7 Å². The second-order valence-electron chi connectivity index (χ2n) is 9.26. The fourth-order valence-corrected chi connectivity index (χ4v) is 5.39. The van der Waals surface area contributed by atoms with Crippen molar-refractivity contribution in [1.82, 2.24) is 0 Å². The summed E-state index contributed by atoms with van der Waals surface area (Å²) < 4.78 is 25.5. The van der Waals surface area contributed by atoms with Gasteiger partial charge in [-0.05, 0) is 48.1 Å². The number of halogens is 1. The minimum Gasteiger partial charge on any atom is -0.496 e. The molecule has 0 radical (unpaired) electrons. The van der Waals surface area contributed by atoms with Crippen LogP contribution in [0.5, 0.6) is 5.75 Å². The van der Waals surface area contributed by atoms with Crippen LogP contribution < -0.4 is 10.1 Å². The number of nitrogens with one attached hydrogen (secondary N) is 1. The van der Waals surface area contributed by atoms with E-state index in [1.165, 1.54) is 6.07 Å². The van der Waals surface area contributed by atoms with Gasteiger partial charge in [0.2, 0.25) is 0 Å². The summed E-state index contributed by atoms with van der Waals surface area (Å²) in [6, 6.07) is 23.6. The summed E-state index contributed by atoms with van der Waals surface area (Å²) in [6.07, 6.45) is 0.135. The van der Waals surface area contributed by atoms with Crippen LogP contribution in [0.4, 0.5) is 14.9 Å². The van der Waals surface area contributed by atoms with Crippen LogP contribution in [-0.2, 0) is 14.9 Å². The third-order valence-corrected chi connectivity index (χ3v) is 7.84. The molecule has 5 rings (SSSR count). The van der Waals surface area contributed by atoms with Crippen molar-refractivity contribution in [1.29, 1.82) is 0 Å². The van der Waals surface area contributed by atoms with E-state index >= 15 is 0 Å². The fraction of sp³-hybridized carbons (Fsp3) is 0.200. The molecule has 1 fully saturated rings. The fourth-order valence-electron chi connectivity index (χ4n) is 4.55. The number of carbonyl (C=O) groups excluding carboxylic acids is 1. The summed E-state index contributed by atoms with van der Waals surface area (Å²) in [5.41, 5.74) is 3.54. The quantitative estimate of drug-likeness (QED) is 0.244. The van der Waals surface area contributed by atoms with Crippen molar-refractivity contribution in [3.63, 3.8) is 0 Å². The lowest BCUT2D eigenvalue weighted by atomic mass is 9.93. The number of carboxylic acid groups (broad SMARTS) is 1. The van der Waals surface area contributed by atoms with E-state index in [1.54, 1.807) is 20.1 Å². The zero-order valence-electron chi connectivity index (χ0n) is 20.9. The molecule has 1 unspecified atom stereocenters. The Morgan fingerprint density at radius 1 is 1.00 bits per heavy atom. The zero-order chi connectivity index (χ0) is 26.9. The van der Waals surface area contributed by atoms with Crippen molar-refractivity contribution in [3.05, 3.63) is 95.1 Å². The molecule has 38 heavy (non-hydrogen) atoms. The number of benzene rings is 3. The van der Waals surface area contributed by atoms with E-state index in [9.17, 15) is 19.1 Å². The predicted molar refractivity (Wildman–Crippen MR) is 145 cm³/mol. The summed E-state index contributed by atoms with van der Waals surface area (Å²) in [6.45, 7) is 1.77. The molecule has 3 aromatic carbocycles. The van der Waals surface area contributed by atoms with Gasteiger partial charge in [-0.1, -0.05) is 66.7 Å². The van der Waals surface area contributed by atoms with E-state index in [-0.39, 0.29) is 0 Å². The Hall–Kier alpha value is -4.17. The maximum atomic E-state index is 14.3. The minimum atomic E-state index is -0.793. The number of rotatable bonds is 8. The van der Waals surface area contributed by atoms with Gasteiger partial charge >= 0.3 is 12.1 Å². The number of aliphatic carboxylic acids is 1. The maximum Gasteiger partial charge on any atom is 0.412 e. The van der Waals surface area contributed by atoms with Gasteiger partial charge < -0.3 is 14.6 Å². The van der Waals surface area contributed by atoms with Gasteiger partial charge in [-0.2, -0.15) is 4.39 Å². The summed E-state index contributed by atoms with van der Waals surface area (Å²) in [7, 11) is 1.55. The number of hydrogen-bond acceptors (Lipinski definition) is 5. The molecule has 1 amide bonds. The molecule has 194 valence electrons. The highest BCUT2D eigenvalue weighted by Crippen LogP contribution is 2.49. The minimum absolute atomic E-state index is 0.306. The Bertz CT molecular complexity index is 1480. The van der Waals surface area contributed by atoms with Gasteiger partial charge in [0.05, 0.1) is 23.1 Å². The molecular formula is C30H26FNO5S. The van der Waals surface area contributed by atoms with Gasteiger partial charge in [0.15, 0.2) is 5.13 Å². The van der Waals surface area contributed by atoms with Gasteiger partial charge in [-0.3, -0.25) is 10.1 Å². The van der Waals surface area contributed by atoms with E-state index in [2.05, 4.69) is 5.32 Å². The van der Waals surface area contributed by atoms with Crippen LogP contribution in [0.3, 0.4) is 0 Å². The standard InChI is InChI=1S/C30H26FNO5S/c1-18(19-6-4-3-5-7-19)37-29(35)32-24-17-26(31)38-27(24)21-10-13-23(25(16-21)36-2)20-8-11-22(12-9-20)30(14-15-30)28(33)34/h3-13,16-18H,14-15H2,1-2H3,(H,32,35)(H,33,34). The number of thiophene rings is 1. The van der Waals surface area contributed by atoms with Gasteiger partial charge in [-0.15, -0.1) is 11.3 Å². The molecule has 0 saturated heterocycles. The van der Waals surface area contributed by atoms with Gasteiger partial charge in [0.1, 0.15) is 11.9 Å². The largest absolute Gasteiger partial charge is 0.496 e. The summed E-state index contributed by atoms with van der Waals surface area (Å²) >= 11 is 0.912. The molecule has 6 nitrogen and oxygen atoms in total. The number of hydrogen-bond donors (Lipinski definition) is 2. The van der Waals surface area contributed by atoms with Crippen LogP contribution in [0.25, 0.3) is 21.6 Å². The first-order chi connectivity index (χ1) is 18.3. The first kappa shape index (κ1) is 25.5. The summed E-state index contributed by atoms with van der Waals surface area (Å²) in [5.74, 6) is -0.229. The van der Waals surface area contributed by atoms with Crippen LogP contribution in [0, 0.1) is 5.13 Å². The molecule has 1 saturated carbocycles. The van der Waals surface area contributed by atoms with Crippen LogP contribution in [0.1, 0.15) is 37.0 Å². The van der Waals surface area contributed by atoms with Crippen LogP contribution in [0.2, 0.25) is 0 Å². The Balaban J connectivity index is 1.37. The third kappa shape index (κ3) is 4.99. The van der Waals surface area contributed by atoms with Crippen molar-refractivity contribution in [2.24, 2.45) is 0 Å². The monoisotopic (exact) mass is 531 g/mol. The average Bonchev–Trinajstić information content (AvgIpc) is 3.67. The second kappa shape index (κ2) is 10.3. The lowest BCUT2D eigenvalue weighted by molar-refractivity contribution is -0.140. The van der Waals surface area contributed by atoms with Crippen LogP contribution in [0.15, 0.2) is 78.9 Å². The third-order valence-electron chi connectivity index (χ3n) is 6.86. The van der Waals surface area contributed by atoms with E-state index in [1.807, 2.05) is 66.7 Å². The molecule has 4 aromatic rings. The number of carbonyl (C=O) groups is 2. The Kier molecular flexibility index (Phi) is 6.91. The Labute approximate surface area is 223 Å². The topological polar surface area (TPSA) is 84.9 Å². The van der Waals surface area contributed by atoms with Crippen LogP contribution >= 0.6 is 11.3 Å². The molecule has 1 aromatic heterocycles. The molecule has 1 atom stereocenters. The highest BCUT2D eigenvalue weighted by molar-refractivity contribution is 7.14. The highest BCUT2D eigenvalue weighted by Gasteiger charge is 2.51. The van der Waals surface area contributed by atoms with E-state index in [0.29, 0.717) is 34.7 Å². The average molecular weight is 532 g/mol. The number of methoxy groups -OCH3 is 1. The van der Waals surface area contributed by atoms with Crippen molar-refractivity contribution >= 4 is 29.1 Å². The molecule has 1 heterocycles. The molecule has 2 N–H and O–H groups in total. The summed E-state index contributed by atoms with van der Waals surface area (Å²) in [5, 5.41) is 11.8. The first-order valence-electron chi connectivity index (χ1n) is 12.2. The van der Waals surface area contributed by atoms with Gasteiger partial charge in [0.25, 0.3) is 0 Å². The van der Waals surface area contributed by atoms with Crippen molar-refractivity contribution in [3.8, 4) is 27.3 Å². The molecule has 1 aliphatic carbocycles. The first-order valence-corrected chi connectivity index (χ1v) is 13.0. The lowest BCUT2D eigenvalue weighted by Gasteiger charge is -2.15. The molecule has 8 heteroatoms. The normalized spacial score (nSPS) is 14.4. The predicted octanol–water partition coefficient (Wildman–Crippen LogP) is 7.66. The van der Waals surface area contributed by atoms with Gasteiger partial charge in [-0.25, -0.2) is 4.79 Å². The molecule has 1 aliphatic rings.